The number of anilines is 2. The number of benzene rings is 1. The number of aromatic nitrogens is 2. The van der Waals surface area contributed by atoms with Crippen molar-refractivity contribution in [2.75, 3.05) is 11.2 Å². The van der Waals surface area contributed by atoms with Crippen LogP contribution in [0.3, 0.4) is 0 Å². The maximum atomic E-state index is 5.62. The van der Waals surface area contributed by atoms with Gasteiger partial charge in [-0.3, -0.25) is 0 Å². The number of nitrogens with zero attached hydrogens (tertiary/aromatic N) is 2. The zero-order valence-corrected chi connectivity index (χ0v) is 12.5. The predicted molar refractivity (Wildman–Crippen MR) is 75.6 cm³/mol. The van der Waals surface area contributed by atoms with Gasteiger partial charge in [-0.05, 0) is 37.1 Å². The van der Waals surface area contributed by atoms with Crippen LogP contribution in [0, 0.1) is 13.8 Å². The standard InChI is InChI=1S/C12H13BrClN3O/c1-7-5-9(13)6-8(2)11(7)15-12-17-16-10(18-12)3-4-14/h5-6H,3-4H2,1-2H3,(H,15,17). The van der Waals surface area contributed by atoms with Gasteiger partial charge in [-0.25, -0.2) is 0 Å². The predicted octanol–water partition coefficient (Wildman–Crippen LogP) is 3.97. The number of alkyl halides is 1. The van der Waals surface area contributed by atoms with Crippen LogP contribution < -0.4 is 5.32 Å². The van der Waals surface area contributed by atoms with E-state index in [1.165, 1.54) is 0 Å². The lowest BCUT2D eigenvalue weighted by atomic mass is 10.1. The smallest absolute Gasteiger partial charge is 0.320 e. The number of aryl methyl sites for hydroxylation is 3. The molecule has 0 aliphatic carbocycles. The lowest BCUT2D eigenvalue weighted by Gasteiger charge is -2.10. The molecule has 0 bridgehead atoms. The van der Waals surface area contributed by atoms with Crippen LogP contribution >= 0.6 is 27.5 Å². The third kappa shape index (κ3) is 3.03. The largest absolute Gasteiger partial charge is 0.408 e. The molecule has 96 valence electrons. The normalized spacial score (nSPS) is 10.7. The van der Waals surface area contributed by atoms with Crippen LogP contribution in [0.1, 0.15) is 17.0 Å². The molecule has 1 heterocycles. The number of nitrogens with one attached hydrogen (secondary N) is 1. The van der Waals surface area contributed by atoms with E-state index in [1.807, 2.05) is 26.0 Å². The van der Waals surface area contributed by atoms with Gasteiger partial charge in [0.25, 0.3) is 0 Å². The molecule has 0 spiro atoms. The second kappa shape index (κ2) is 5.71. The van der Waals surface area contributed by atoms with Crippen LogP contribution in [-0.2, 0) is 6.42 Å². The minimum absolute atomic E-state index is 0.392. The average Bonchev–Trinajstić information content (AvgIpc) is 2.72. The van der Waals surface area contributed by atoms with Crippen LogP contribution in [0.5, 0.6) is 0 Å². The summed E-state index contributed by atoms with van der Waals surface area (Å²) in [7, 11) is 0. The van der Waals surface area contributed by atoms with Crippen LogP contribution in [0.2, 0.25) is 0 Å². The molecule has 6 heteroatoms. The van der Waals surface area contributed by atoms with Gasteiger partial charge in [-0.1, -0.05) is 21.0 Å². The summed E-state index contributed by atoms with van der Waals surface area (Å²) in [6.45, 7) is 4.05. The van der Waals surface area contributed by atoms with Gasteiger partial charge >= 0.3 is 6.01 Å². The topological polar surface area (TPSA) is 51.0 Å². The van der Waals surface area contributed by atoms with Crippen molar-refractivity contribution in [2.24, 2.45) is 0 Å². The van der Waals surface area contributed by atoms with E-state index in [0.717, 1.165) is 21.3 Å². The van der Waals surface area contributed by atoms with Crippen molar-refractivity contribution in [3.8, 4) is 0 Å². The Balaban J connectivity index is 2.22. The number of hydrogen-bond donors (Lipinski definition) is 1. The van der Waals surface area contributed by atoms with Crippen molar-refractivity contribution in [3.05, 3.63) is 33.6 Å². The van der Waals surface area contributed by atoms with E-state index in [1.54, 1.807) is 0 Å². The molecule has 1 aromatic carbocycles. The summed E-state index contributed by atoms with van der Waals surface area (Å²) in [5.74, 6) is 1.01. The van der Waals surface area contributed by atoms with Gasteiger partial charge in [0.2, 0.25) is 5.89 Å². The second-order valence-corrected chi connectivity index (χ2v) is 5.27. The summed E-state index contributed by atoms with van der Waals surface area (Å²) in [5.41, 5.74) is 3.21. The minimum Gasteiger partial charge on any atom is -0.408 e. The minimum atomic E-state index is 0.392. The van der Waals surface area contributed by atoms with Gasteiger partial charge < -0.3 is 9.73 Å². The summed E-state index contributed by atoms with van der Waals surface area (Å²) in [6, 6.07) is 4.46. The molecule has 0 amide bonds. The fourth-order valence-electron chi connectivity index (χ4n) is 1.70. The molecule has 4 nitrogen and oxygen atoms in total. The fourth-order valence-corrected chi connectivity index (χ4v) is 2.55. The SMILES string of the molecule is Cc1cc(Br)cc(C)c1Nc1nnc(CCCl)o1. The van der Waals surface area contributed by atoms with Crippen molar-refractivity contribution in [2.45, 2.75) is 20.3 Å². The molecule has 18 heavy (non-hydrogen) atoms. The highest BCUT2D eigenvalue weighted by Gasteiger charge is 2.09. The summed E-state index contributed by atoms with van der Waals surface area (Å²) in [4.78, 5) is 0. The molecular formula is C12H13BrClN3O. The van der Waals surface area contributed by atoms with Crippen LogP contribution in [0.25, 0.3) is 0 Å². The quantitative estimate of drug-likeness (QED) is 0.862. The first-order valence-electron chi connectivity index (χ1n) is 5.52. The molecule has 0 saturated carbocycles. The molecule has 0 aliphatic rings. The van der Waals surface area contributed by atoms with E-state index >= 15 is 0 Å². The van der Waals surface area contributed by atoms with E-state index in [9.17, 15) is 0 Å². The first-order valence-corrected chi connectivity index (χ1v) is 6.85. The molecule has 0 unspecified atom stereocenters. The lowest BCUT2D eigenvalue weighted by molar-refractivity contribution is 0.516. The molecule has 0 radical (unpaired) electrons. The molecule has 0 aliphatic heterocycles. The first kappa shape index (κ1) is 13.4. The highest BCUT2D eigenvalue weighted by atomic mass is 79.9. The Bertz CT molecular complexity index is 533. The van der Waals surface area contributed by atoms with Crippen LogP contribution in [0.4, 0.5) is 11.7 Å². The summed E-state index contributed by atoms with van der Waals surface area (Å²) < 4.78 is 6.49. The van der Waals surface area contributed by atoms with E-state index in [2.05, 4.69) is 31.4 Å². The van der Waals surface area contributed by atoms with Crippen LogP contribution in [0.15, 0.2) is 21.0 Å². The van der Waals surface area contributed by atoms with Gasteiger partial charge in [0, 0.05) is 22.5 Å². The molecule has 0 fully saturated rings. The highest BCUT2D eigenvalue weighted by molar-refractivity contribution is 9.10. The maximum Gasteiger partial charge on any atom is 0.320 e. The van der Waals surface area contributed by atoms with E-state index in [-0.39, 0.29) is 0 Å². The molecular weight excluding hydrogens is 318 g/mol. The number of halogens is 2. The van der Waals surface area contributed by atoms with Gasteiger partial charge in [0.1, 0.15) is 0 Å². The molecule has 0 saturated heterocycles. The van der Waals surface area contributed by atoms with Gasteiger partial charge in [-0.15, -0.1) is 16.7 Å². The Kier molecular flexibility index (Phi) is 4.24. The Morgan fingerprint density at radius 3 is 2.56 bits per heavy atom. The zero-order chi connectivity index (χ0) is 13.1. The van der Waals surface area contributed by atoms with Crippen molar-refractivity contribution in [1.29, 1.82) is 0 Å². The van der Waals surface area contributed by atoms with Gasteiger partial charge in [0.15, 0.2) is 0 Å². The van der Waals surface area contributed by atoms with Crippen molar-refractivity contribution in [1.82, 2.24) is 10.2 Å². The molecule has 1 aromatic heterocycles. The number of rotatable bonds is 4. The monoisotopic (exact) mass is 329 g/mol. The fraction of sp³-hybridized carbons (Fsp3) is 0.333. The Hall–Kier alpha value is -1.07. The second-order valence-electron chi connectivity index (χ2n) is 3.98. The summed E-state index contributed by atoms with van der Waals surface area (Å²) in [6.07, 6.45) is 0.578. The van der Waals surface area contributed by atoms with Crippen molar-refractivity contribution in [3.63, 3.8) is 0 Å². The van der Waals surface area contributed by atoms with Gasteiger partial charge in [0.05, 0.1) is 0 Å². The Labute approximate surface area is 119 Å². The Morgan fingerprint density at radius 2 is 1.94 bits per heavy atom. The van der Waals surface area contributed by atoms with E-state index in [0.29, 0.717) is 24.2 Å². The summed E-state index contributed by atoms with van der Waals surface area (Å²) in [5, 5.41) is 11.0. The number of hydrogen-bond acceptors (Lipinski definition) is 4. The molecule has 0 atom stereocenters. The van der Waals surface area contributed by atoms with Gasteiger partial charge in [-0.2, -0.15) is 0 Å². The molecule has 2 aromatic rings. The molecule has 1 N–H and O–H groups in total. The first-order chi connectivity index (χ1) is 8.60. The van der Waals surface area contributed by atoms with E-state index < -0.39 is 0 Å². The third-order valence-corrected chi connectivity index (χ3v) is 3.15. The summed E-state index contributed by atoms with van der Waals surface area (Å²) >= 11 is 9.08. The van der Waals surface area contributed by atoms with Crippen molar-refractivity contribution < 1.29 is 4.42 Å². The zero-order valence-electron chi connectivity index (χ0n) is 10.1. The lowest BCUT2D eigenvalue weighted by Crippen LogP contribution is -1.96. The molecule has 2 rings (SSSR count). The maximum absolute atomic E-state index is 5.62. The Morgan fingerprint density at radius 1 is 1.28 bits per heavy atom. The highest BCUT2D eigenvalue weighted by Crippen LogP contribution is 2.27. The van der Waals surface area contributed by atoms with Crippen LogP contribution in [-0.4, -0.2) is 16.1 Å². The van der Waals surface area contributed by atoms with Crippen molar-refractivity contribution >= 4 is 39.2 Å². The van der Waals surface area contributed by atoms with E-state index in [4.69, 9.17) is 16.0 Å². The third-order valence-electron chi connectivity index (χ3n) is 2.50. The average molecular weight is 331 g/mol.